The molecule has 7 heteroatoms. The van der Waals surface area contributed by atoms with Crippen molar-refractivity contribution >= 4 is 17.7 Å². The number of nitrogens with zero attached hydrogens (tertiary/aromatic N) is 1. The summed E-state index contributed by atoms with van der Waals surface area (Å²) >= 11 is 0. The van der Waals surface area contributed by atoms with Gasteiger partial charge in [0.1, 0.15) is 12.1 Å². The third-order valence-electron chi connectivity index (χ3n) is 7.91. The fraction of sp³-hybridized carbons (Fsp3) is 0.464. The van der Waals surface area contributed by atoms with E-state index in [1.165, 1.54) is 11.1 Å². The molecule has 1 fully saturated rings. The number of amides is 3. The second-order valence-corrected chi connectivity index (χ2v) is 9.98. The Morgan fingerprint density at radius 2 is 1.63 bits per heavy atom. The number of carbonyl (C=O) groups excluding carboxylic acids is 3. The first kappa shape index (κ1) is 23.5. The van der Waals surface area contributed by atoms with Gasteiger partial charge in [0.2, 0.25) is 17.7 Å². The molecule has 184 valence electrons. The largest absolute Gasteiger partial charge is 0.347 e. The molecule has 3 N–H and O–H groups in total. The second-order valence-electron chi connectivity index (χ2n) is 9.98. The number of benzene rings is 2. The Hall–Kier alpha value is -3.19. The number of nitrogens with one attached hydrogen (secondary N) is 3. The maximum atomic E-state index is 13.9. The monoisotopic (exact) mass is 474 g/mol. The quantitative estimate of drug-likeness (QED) is 0.621. The topological polar surface area (TPSA) is 90.5 Å². The Bertz CT molecular complexity index is 1130. The van der Waals surface area contributed by atoms with Gasteiger partial charge in [0.25, 0.3) is 0 Å². The summed E-state index contributed by atoms with van der Waals surface area (Å²) < 4.78 is 0. The molecule has 3 aliphatic rings. The Morgan fingerprint density at radius 1 is 0.914 bits per heavy atom. The van der Waals surface area contributed by atoms with E-state index in [2.05, 4.69) is 34.1 Å². The van der Waals surface area contributed by atoms with Crippen LogP contribution in [-0.4, -0.2) is 47.8 Å². The summed E-state index contributed by atoms with van der Waals surface area (Å²) in [4.78, 5) is 41.9. The van der Waals surface area contributed by atoms with Gasteiger partial charge in [-0.2, -0.15) is 0 Å². The number of rotatable bonds is 5. The van der Waals surface area contributed by atoms with Gasteiger partial charge in [-0.15, -0.1) is 0 Å². The molecule has 0 radical (unpaired) electrons. The average Bonchev–Trinajstić information content (AvgIpc) is 3.28. The maximum Gasteiger partial charge on any atom is 0.246 e. The van der Waals surface area contributed by atoms with E-state index in [1.807, 2.05) is 30.3 Å². The molecule has 2 heterocycles. The molecule has 0 spiro atoms. The first-order valence-corrected chi connectivity index (χ1v) is 12.7. The molecule has 7 nitrogen and oxygen atoms in total. The van der Waals surface area contributed by atoms with Crippen molar-refractivity contribution in [3.8, 4) is 0 Å². The molecule has 2 aliphatic heterocycles. The summed E-state index contributed by atoms with van der Waals surface area (Å²) in [5.74, 6) is -0.499. The Labute approximate surface area is 206 Å². The minimum Gasteiger partial charge on any atom is -0.347 e. The Kier molecular flexibility index (Phi) is 6.60. The van der Waals surface area contributed by atoms with Crippen LogP contribution in [0.25, 0.3) is 0 Å². The fourth-order valence-corrected chi connectivity index (χ4v) is 5.93. The molecule has 2 aromatic rings. The second kappa shape index (κ2) is 9.82. The molecular weight excluding hydrogens is 440 g/mol. The molecule has 0 unspecified atom stereocenters. The molecule has 0 aromatic heterocycles. The van der Waals surface area contributed by atoms with E-state index in [0.29, 0.717) is 12.8 Å². The summed E-state index contributed by atoms with van der Waals surface area (Å²) in [6.07, 6.45) is 4.73. The number of hydrogen-bond acceptors (Lipinski definition) is 4. The standard InChI is InChI=1S/C28H34N4O3/c1-17(29-2)26(33)31-23-16-19-9-4-6-12-21(19)24-14-15-25(32(24)28(23)35)27(34)30-22-13-7-10-18-8-3-5-11-20(18)22/h3-6,8-9,11-12,17,22-25,29H,7,10,13-16H2,1-2H3,(H,30,34)(H,31,33)/t17-,22+,23-,24+,25-/m0/s1. The number of fused-ring (bicyclic) bond motifs is 4. The van der Waals surface area contributed by atoms with Crippen LogP contribution in [0.15, 0.2) is 48.5 Å². The van der Waals surface area contributed by atoms with E-state index >= 15 is 0 Å². The van der Waals surface area contributed by atoms with Gasteiger partial charge in [-0.1, -0.05) is 48.5 Å². The maximum absolute atomic E-state index is 13.9. The van der Waals surface area contributed by atoms with Crippen LogP contribution in [0.4, 0.5) is 0 Å². The van der Waals surface area contributed by atoms with Crippen LogP contribution >= 0.6 is 0 Å². The van der Waals surface area contributed by atoms with Gasteiger partial charge in [0.15, 0.2) is 0 Å². The third-order valence-corrected chi connectivity index (χ3v) is 7.91. The Balaban J connectivity index is 1.42. The van der Waals surface area contributed by atoms with Crippen LogP contribution in [0, 0.1) is 0 Å². The zero-order chi connectivity index (χ0) is 24.5. The lowest BCUT2D eigenvalue weighted by Crippen LogP contribution is -2.55. The van der Waals surface area contributed by atoms with Crippen molar-refractivity contribution in [2.24, 2.45) is 0 Å². The molecular formula is C28H34N4O3. The van der Waals surface area contributed by atoms with Crippen molar-refractivity contribution in [2.75, 3.05) is 7.05 Å². The van der Waals surface area contributed by atoms with Crippen LogP contribution in [0.1, 0.15) is 66.9 Å². The molecule has 2 aromatic carbocycles. The fourth-order valence-electron chi connectivity index (χ4n) is 5.93. The molecule has 0 saturated carbocycles. The summed E-state index contributed by atoms with van der Waals surface area (Å²) in [7, 11) is 1.72. The van der Waals surface area contributed by atoms with Crippen LogP contribution in [-0.2, 0) is 27.2 Å². The number of hydrogen-bond donors (Lipinski definition) is 3. The van der Waals surface area contributed by atoms with Gasteiger partial charge in [-0.05, 0) is 68.3 Å². The zero-order valence-electron chi connectivity index (χ0n) is 20.4. The van der Waals surface area contributed by atoms with Gasteiger partial charge in [0.05, 0.1) is 18.1 Å². The van der Waals surface area contributed by atoms with Crippen molar-refractivity contribution in [1.29, 1.82) is 0 Å². The third kappa shape index (κ3) is 4.45. The first-order valence-electron chi connectivity index (χ1n) is 12.7. The lowest BCUT2D eigenvalue weighted by atomic mass is 9.87. The van der Waals surface area contributed by atoms with Crippen molar-refractivity contribution in [2.45, 2.75) is 75.7 Å². The molecule has 3 amide bonds. The van der Waals surface area contributed by atoms with Crippen LogP contribution < -0.4 is 16.0 Å². The summed E-state index contributed by atoms with van der Waals surface area (Å²) in [5.41, 5.74) is 4.60. The predicted molar refractivity (Wildman–Crippen MR) is 133 cm³/mol. The first-order chi connectivity index (χ1) is 17.0. The normalized spacial score (nSPS) is 26.1. The van der Waals surface area contributed by atoms with E-state index < -0.39 is 18.1 Å². The predicted octanol–water partition coefficient (Wildman–Crippen LogP) is 2.56. The highest BCUT2D eigenvalue weighted by atomic mass is 16.2. The highest BCUT2D eigenvalue weighted by Gasteiger charge is 2.47. The van der Waals surface area contributed by atoms with Gasteiger partial charge in [-0.25, -0.2) is 0 Å². The molecule has 0 bridgehead atoms. The van der Waals surface area contributed by atoms with Crippen molar-refractivity contribution in [3.05, 3.63) is 70.8 Å². The van der Waals surface area contributed by atoms with E-state index in [4.69, 9.17) is 0 Å². The minimum atomic E-state index is -0.701. The van der Waals surface area contributed by atoms with Crippen LogP contribution in [0.3, 0.4) is 0 Å². The van der Waals surface area contributed by atoms with Crippen LogP contribution in [0.2, 0.25) is 0 Å². The number of aryl methyl sites for hydroxylation is 1. The molecule has 35 heavy (non-hydrogen) atoms. The van der Waals surface area contributed by atoms with Crippen LogP contribution in [0.5, 0.6) is 0 Å². The minimum absolute atomic E-state index is 0.0344. The summed E-state index contributed by atoms with van der Waals surface area (Å²) in [5, 5.41) is 9.14. The van der Waals surface area contributed by atoms with Crippen molar-refractivity contribution in [3.63, 3.8) is 0 Å². The van der Waals surface area contributed by atoms with Crippen molar-refractivity contribution < 1.29 is 14.4 Å². The zero-order valence-corrected chi connectivity index (χ0v) is 20.4. The Morgan fingerprint density at radius 3 is 2.40 bits per heavy atom. The average molecular weight is 475 g/mol. The number of carbonyl (C=O) groups is 3. The van der Waals surface area contributed by atoms with Gasteiger partial charge >= 0.3 is 0 Å². The van der Waals surface area contributed by atoms with Gasteiger partial charge < -0.3 is 20.9 Å². The van der Waals surface area contributed by atoms with Crippen molar-refractivity contribution in [1.82, 2.24) is 20.9 Å². The van der Waals surface area contributed by atoms with Gasteiger partial charge in [0, 0.05) is 6.42 Å². The van der Waals surface area contributed by atoms with E-state index in [1.54, 1.807) is 18.9 Å². The molecule has 1 aliphatic carbocycles. The highest BCUT2D eigenvalue weighted by Crippen LogP contribution is 2.41. The lowest BCUT2D eigenvalue weighted by molar-refractivity contribution is -0.143. The highest BCUT2D eigenvalue weighted by molar-refractivity contribution is 5.94. The van der Waals surface area contributed by atoms with E-state index in [9.17, 15) is 14.4 Å². The smallest absolute Gasteiger partial charge is 0.246 e. The van der Waals surface area contributed by atoms with E-state index in [0.717, 1.165) is 36.8 Å². The summed E-state index contributed by atoms with van der Waals surface area (Å²) in [6, 6.07) is 14.5. The molecule has 5 rings (SSSR count). The lowest BCUT2D eigenvalue weighted by Gasteiger charge is -2.33. The molecule has 1 saturated heterocycles. The van der Waals surface area contributed by atoms with Gasteiger partial charge in [-0.3, -0.25) is 14.4 Å². The summed E-state index contributed by atoms with van der Waals surface area (Å²) in [6.45, 7) is 1.77. The van der Waals surface area contributed by atoms with E-state index in [-0.39, 0.29) is 29.8 Å². The molecule has 5 atom stereocenters. The SMILES string of the molecule is CN[C@@H](C)C(=O)N[C@H]1Cc2ccccc2[C@H]2CC[C@@H](C(=O)N[C@@H]3CCCc4ccccc43)N2C1=O. The number of likely N-dealkylation sites (N-methyl/N-ethyl adjacent to an activating group) is 1.